The Kier molecular flexibility index (Phi) is 5.97. The Bertz CT molecular complexity index is 335. The molecule has 8 nitrogen and oxygen atoms in total. The van der Waals surface area contributed by atoms with E-state index in [-0.39, 0.29) is 12.1 Å². The first-order chi connectivity index (χ1) is 8.15. The van der Waals surface area contributed by atoms with Gasteiger partial charge in [0.1, 0.15) is 11.6 Å². The molecule has 0 aliphatic heterocycles. The number of aliphatic carboxylic acids is 1. The van der Waals surface area contributed by atoms with Crippen molar-refractivity contribution >= 4 is 12.1 Å². The van der Waals surface area contributed by atoms with E-state index in [1.165, 1.54) is 6.20 Å². The second-order valence-corrected chi connectivity index (χ2v) is 4.63. The minimum Gasteiger partial charge on any atom is -0.480 e. The van der Waals surface area contributed by atoms with E-state index < -0.39 is 23.7 Å². The maximum atomic E-state index is 11.4. The summed E-state index contributed by atoms with van der Waals surface area (Å²) in [6.07, 6.45) is 0.342. The van der Waals surface area contributed by atoms with Crippen molar-refractivity contribution < 1.29 is 19.4 Å². The summed E-state index contributed by atoms with van der Waals surface area (Å²) in [6, 6.07) is -1.18. The van der Waals surface area contributed by atoms with Gasteiger partial charge in [0.2, 0.25) is 0 Å². The topological polar surface area (TPSA) is 140 Å². The average Bonchev–Trinajstić information content (AvgIpc) is 2.13. The van der Waals surface area contributed by atoms with Crippen LogP contribution >= 0.6 is 0 Å². The zero-order chi connectivity index (χ0) is 14.3. The van der Waals surface area contributed by atoms with Gasteiger partial charge in [0.05, 0.1) is 0 Å². The van der Waals surface area contributed by atoms with Gasteiger partial charge in [-0.05, 0) is 20.8 Å². The molecule has 1 amide bonds. The molecule has 0 aliphatic carbocycles. The number of hydrogen-bond acceptors (Lipinski definition) is 6. The molecule has 0 radical (unpaired) electrons. The molecule has 0 saturated carbocycles. The number of amides is 1. The number of carbonyl (C=O) groups excluding carboxylic acids is 1. The molecule has 0 heterocycles. The highest BCUT2D eigenvalue weighted by atomic mass is 16.6. The Morgan fingerprint density at radius 3 is 2.39 bits per heavy atom. The third-order valence-corrected chi connectivity index (χ3v) is 1.70. The molecular weight excluding hydrogens is 240 g/mol. The zero-order valence-corrected chi connectivity index (χ0v) is 10.7. The van der Waals surface area contributed by atoms with Crippen LogP contribution in [0.15, 0.2) is 11.9 Å². The Morgan fingerprint density at radius 1 is 1.44 bits per heavy atom. The number of nitrogens with two attached hydrogens (primary N) is 2. The lowest BCUT2D eigenvalue weighted by molar-refractivity contribution is -0.139. The largest absolute Gasteiger partial charge is 0.480 e. The number of hydrogen-bond donors (Lipinski definition) is 5. The van der Waals surface area contributed by atoms with Gasteiger partial charge >= 0.3 is 12.1 Å². The molecule has 0 aromatic rings. The highest BCUT2D eigenvalue weighted by molar-refractivity contribution is 5.80. The van der Waals surface area contributed by atoms with E-state index in [9.17, 15) is 9.59 Å². The number of rotatable bonds is 5. The van der Waals surface area contributed by atoms with Crippen molar-refractivity contribution in [2.75, 3.05) is 0 Å². The van der Waals surface area contributed by atoms with Gasteiger partial charge in [-0.2, -0.15) is 0 Å². The van der Waals surface area contributed by atoms with Crippen molar-refractivity contribution in [2.24, 2.45) is 11.6 Å². The molecule has 7 N–H and O–H groups in total. The first kappa shape index (κ1) is 16.0. The maximum absolute atomic E-state index is 11.4. The molecule has 1 atom stereocenters. The molecule has 1 unspecified atom stereocenters. The predicted octanol–water partition coefficient (Wildman–Crippen LogP) is -0.382. The molecular formula is C10H20N4O4. The quantitative estimate of drug-likeness (QED) is 0.335. The number of carboxylic acid groups (broad SMARTS) is 1. The summed E-state index contributed by atoms with van der Waals surface area (Å²) < 4.78 is 4.95. The van der Waals surface area contributed by atoms with Crippen molar-refractivity contribution in [3.63, 3.8) is 0 Å². The van der Waals surface area contributed by atoms with Crippen LogP contribution in [0, 0.1) is 0 Å². The van der Waals surface area contributed by atoms with Crippen molar-refractivity contribution in [1.82, 2.24) is 10.7 Å². The lowest BCUT2D eigenvalue weighted by Gasteiger charge is -2.22. The fraction of sp³-hybridized carbons (Fsp3) is 0.600. The van der Waals surface area contributed by atoms with E-state index in [1.807, 2.05) is 0 Å². The standard InChI is InChI=1S/C10H20N4O4/c1-10(2,3)18-9(17)14-7(8(15)16)4-6(11)5-13-12/h5,7,13H,4,11-12H2,1-3H3,(H,14,17)(H,15,16)/b6-5-. The summed E-state index contributed by atoms with van der Waals surface area (Å²) in [5, 5.41) is 11.1. The molecule has 0 bridgehead atoms. The number of ether oxygens (including phenoxy) is 1. The minimum absolute atomic E-state index is 0.0845. The van der Waals surface area contributed by atoms with Gasteiger partial charge < -0.3 is 26.3 Å². The molecule has 18 heavy (non-hydrogen) atoms. The summed E-state index contributed by atoms with van der Waals surface area (Å²) in [4.78, 5) is 22.4. The normalized spacial score (nSPS) is 13.7. The smallest absolute Gasteiger partial charge is 0.408 e. The van der Waals surface area contributed by atoms with Gasteiger partial charge in [-0.3, -0.25) is 5.84 Å². The van der Waals surface area contributed by atoms with Gasteiger partial charge in [-0.15, -0.1) is 0 Å². The van der Waals surface area contributed by atoms with Crippen LogP contribution in [0.1, 0.15) is 27.2 Å². The average molecular weight is 260 g/mol. The number of carboxylic acids is 1. The summed E-state index contributed by atoms with van der Waals surface area (Å²) in [7, 11) is 0. The SMILES string of the molecule is CC(C)(C)OC(=O)NC(C/C(N)=C/NN)C(=O)O. The molecule has 0 aromatic heterocycles. The predicted molar refractivity (Wildman–Crippen MR) is 65.0 cm³/mol. The van der Waals surface area contributed by atoms with Crippen molar-refractivity contribution in [2.45, 2.75) is 38.8 Å². The third-order valence-electron chi connectivity index (χ3n) is 1.70. The van der Waals surface area contributed by atoms with Crippen LogP contribution < -0.4 is 22.3 Å². The van der Waals surface area contributed by atoms with Crippen LogP contribution in [0.25, 0.3) is 0 Å². The van der Waals surface area contributed by atoms with E-state index in [4.69, 9.17) is 21.4 Å². The highest BCUT2D eigenvalue weighted by Gasteiger charge is 2.24. The van der Waals surface area contributed by atoms with Gasteiger partial charge in [-0.25, -0.2) is 9.59 Å². The second-order valence-electron chi connectivity index (χ2n) is 4.63. The lowest BCUT2D eigenvalue weighted by Crippen LogP contribution is -2.44. The van der Waals surface area contributed by atoms with Gasteiger partial charge in [-0.1, -0.05) is 0 Å². The van der Waals surface area contributed by atoms with Crippen molar-refractivity contribution in [3.05, 3.63) is 11.9 Å². The first-order valence-corrected chi connectivity index (χ1v) is 5.28. The van der Waals surface area contributed by atoms with Crippen LogP contribution in [-0.4, -0.2) is 28.8 Å². The number of hydrazine groups is 1. The number of alkyl carbamates (subject to hydrolysis) is 1. The van der Waals surface area contributed by atoms with E-state index >= 15 is 0 Å². The Hall–Kier alpha value is -1.96. The van der Waals surface area contributed by atoms with E-state index in [0.29, 0.717) is 0 Å². The Balaban J connectivity index is 4.51. The maximum Gasteiger partial charge on any atom is 0.408 e. The van der Waals surface area contributed by atoms with E-state index in [2.05, 4.69) is 10.7 Å². The highest BCUT2D eigenvalue weighted by Crippen LogP contribution is 2.08. The fourth-order valence-corrected chi connectivity index (χ4v) is 1.05. The van der Waals surface area contributed by atoms with Crippen LogP contribution in [0.3, 0.4) is 0 Å². The van der Waals surface area contributed by atoms with Crippen LogP contribution in [-0.2, 0) is 9.53 Å². The molecule has 104 valence electrons. The fourth-order valence-electron chi connectivity index (χ4n) is 1.05. The van der Waals surface area contributed by atoms with Crippen LogP contribution in [0.2, 0.25) is 0 Å². The zero-order valence-electron chi connectivity index (χ0n) is 10.7. The first-order valence-electron chi connectivity index (χ1n) is 5.28. The Labute approximate surface area is 105 Å². The van der Waals surface area contributed by atoms with Gasteiger partial charge in [0.15, 0.2) is 0 Å². The summed E-state index contributed by atoms with van der Waals surface area (Å²) in [5.74, 6) is 3.79. The second kappa shape index (κ2) is 6.70. The molecule has 0 saturated heterocycles. The molecule has 0 aliphatic rings. The molecule has 0 fully saturated rings. The summed E-state index contributed by atoms with van der Waals surface area (Å²) >= 11 is 0. The summed E-state index contributed by atoms with van der Waals surface area (Å²) in [5.41, 5.74) is 7.16. The molecule has 0 rings (SSSR count). The Morgan fingerprint density at radius 2 is 2.00 bits per heavy atom. The molecule has 8 heteroatoms. The third kappa shape index (κ3) is 7.34. The summed E-state index contributed by atoms with van der Waals surface area (Å²) in [6.45, 7) is 5.03. The lowest BCUT2D eigenvalue weighted by atomic mass is 10.1. The molecule has 0 spiro atoms. The minimum atomic E-state index is -1.21. The van der Waals surface area contributed by atoms with Crippen molar-refractivity contribution in [1.29, 1.82) is 0 Å². The number of carbonyl (C=O) groups is 2. The van der Waals surface area contributed by atoms with Gasteiger partial charge in [0.25, 0.3) is 0 Å². The molecule has 0 aromatic carbocycles. The van der Waals surface area contributed by atoms with Crippen LogP contribution in [0.5, 0.6) is 0 Å². The number of nitrogens with one attached hydrogen (secondary N) is 2. The van der Waals surface area contributed by atoms with E-state index in [0.717, 1.165) is 0 Å². The monoisotopic (exact) mass is 260 g/mol. The van der Waals surface area contributed by atoms with Gasteiger partial charge in [0, 0.05) is 18.3 Å². The van der Waals surface area contributed by atoms with Crippen molar-refractivity contribution in [3.8, 4) is 0 Å². The van der Waals surface area contributed by atoms with E-state index in [1.54, 1.807) is 20.8 Å². The van der Waals surface area contributed by atoms with Crippen LogP contribution in [0.4, 0.5) is 4.79 Å².